The molecule has 0 radical (unpaired) electrons. The molecule has 0 aromatic heterocycles. The molecule has 100 valence electrons. The van der Waals surface area contributed by atoms with Crippen molar-refractivity contribution < 1.29 is 17.9 Å². The molecule has 2 rings (SSSR count). The minimum Gasteiger partial charge on any atom is -0.380 e. The molecular formula is C13H16F3NO. The van der Waals surface area contributed by atoms with Gasteiger partial charge in [-0.05, 0) is 37.5 Å². The first-order valence-corrected chi connectivity index (χ1v) is 5.99. The fraction of sp³-hybridized carbons (Fsp3) is 0.538. The maximum atomic E-state index is 12.6. The van der Waals surface area contributed by atoms with Gasteiger partial charge >= 0.3 is 6.18 Å². The van der Waals surface area contributed by atoms with Crippen LogP contribution in [-0.2, 0) is 10.9 Å². The predicted octanol–water partition coefficient (Wildman–Crippen LogP) is 3.60. The van der Waals surface area contributed by atoms with Crippen LogP contribution in [0.15, 0.2) is 18.2 Å². The summed E-state index contributed by atoms with van der Waals surface area (Å²) >= 11 is 0. The normalized spacial score (nSPS) is 20.8. The number of rotatable bonds is 2. The molecule has 1 unspecified atom stereocenters. The number of benzene rings is 1. The third-order valence-corrected chi connectivity index (χ3v) is 3.08. The predicted molar refractivity (Wildman–Crippen MR) is 63.6 cm³/mol. The fourth-order valence-electron chi connectivity index (χ4n) is 2.03. The van der Waals surface area contributed by atoms with E-state index in [9.17, 15) is 13.2 Å². The summed E-state index contributed by atoms with van der Waals surface area (Å²) in [5.74, 6) is 0. The van der Waals surface area contributed by atoms with Gasteiger partial charge in [0.05, 0.1) is 12.2 Å². The Morgan fingerprint density at radius 2 is 2.11 bits per heavy atom. The van der Waals surface area contributed by atoms with Crippen molar-refractivity contribution >= 4 is 5.69 Å². The summed E-state index contributed by atoms with van der Waals surface area (Å²) < 4.78 is 43.2. The van der Waals surface area contributed by atoms with Crippen molar-refractivity contribution in [2.24, 2.45) is 0 Å². The molecule has 1 aliphatic heterocycles. The molecule has 18 heavy (non-hydrogen) atoms. The van der Waals surface area contributed by atoms with Crippen molar-refractivity contribution in [2.45, 2.75) is 32.0 Å². The summed E-state index contributed by atoms with van der Waals surface area (Å²) in [7, 11) is 0. The Morgan fingerprint density at radius 3 is 2.72 bits per heavy atom. The van der Waals surface area contributed by atoms with Gasteiger partial charge in [0.1, 0.15) is 0 Å². The molecular weight excluding hydrogens is 243 g/mol. The maximum Gasteiger partial charge on any atom is 0.416 e. The van der Waals surface area contributed by atoms with E-state index in [-0.39, 0.29) is 6.04 Å². The van der Waals surface area contributed by atoms with Gasteiger partial charge in [-0.15, -0.1) is 0 Å². The van der Waals surface area contributed by atoms with E-state index < -0.39 is 11.7 Å². The van der Waals surface area contributed by atoms with Crippen molar-refractivity contribution in [3.63, 3.8) is 0 Å². The second-order valence-electron chi connectivity index (χ2n) is 4.59. The van der Waals surface area contributed by atoms with Crippen LogP contribution >= 0.6 is 0 Å². The number of ether oxygens (including phenoxy) is 1. The van der Waals surface area contributed by atoms with Crippen molar-refractivity contribution in [1.82, 2.24) is 0 Å². The van der Waals surface area contributed by atoms with Crippen LogP contribution in [0.5, 0.6) is 0 Å². The monoisotopic (exact) mass is 259 g/mol. The second-order valence-corrected chi connectivity index (χ2v) is 4.59. The number of alkyl halides is 3. The van der Waals surface area contributed by atoms with E-state index in [0.29, 0.717) is 12.3 Å². The molecule has 5 heteroatoms. The van der Waals surface area contributed by atoms with Gasteiger partial charge in [0.15, 0.2) is 0 Å². The van der Waals surface area contributed by atoms with E-state index in [2.05, 4.69) is 5.32 Å². The second kappa shape index (κ2) is 5.18. The largest absolute Gasteiger partial charge is 0.416 e. The minimum atomic E-state index is -4.30. The van der Waals surface area contributed by atoms with Crippen molar-refractivity contribution in [2.75, 3.05) is 18.5 Å². The van der Waals surface area contributed by atoms with Gasteiger partial charge in [-0.25, -0.2) is 0 Å². The lowest BCUT2D eigenvalue weighted by Crippen LogP contribution is -2.30. The molecule has 0 spiro atoms. The average molecular weight is 259 g/mol. The van der Waals surface area contributed by atoms with Crippen molar-refractivity contribution in [3.8, 4) is 0 Å². The third kappa shape index (κ3) is 3.16. The van der Waals surface area contributed by atoms with Gasteiger partial charge in [-0.2, -0.15) is 13.2 Å². The van der Waals surface area contributed by atoms with E-state index in [1.807, 2.05) is 0 Å². The lowest BCUT2D eigenvalue weighted by Gasteiger charge is -2.25. The topological polar surface area (TPSA) is 21.3 Å². The lowest BCUT2D eigenvalue weighted by atomic mass is 10.1. The van der Waals surface area contributed by atoms with Gasteiger partial charge < -0.3 is 10.1 Å². The Bertz CT molecular complexity index is 411. The SMILES string of the molecule is Cc1ccc(C(F)(F)F)cc1NC1CCCOC1. The van der Waals surface area contributed by atoms with E-state index >= 15 is 0 Å². The lowest BCUT2D eigenvalue weighted by molar-refractivity contribution is -0.137. The molecule has 0 amide bonds. The number of aryl methyl sites for hydroxylation is 1. The Morgan fingerprint density at radius 1 is 1.33 bits per heavy atom. The van der Waals surface area contributed by atoms with Crippen LogP contribution in [-0.4, -0.2) is 19.3 Å². The van der Waals surface area contributed by atoms with Crippen molar-refractivity contribution in [1.29, 1.82) is 0 Å². The van der Waals surface area contributed by atoms with Crippen LogP contribution in [0.1, 0.15) is 24.0 Å². The van der Waals surface area contributed by atoms with Crippen LogP contribution in [0.4, 0.5) is 18.9 Å². The van der Waals surface area contributed by atoms with E-state index in [1.165, 1.54) is 12.1 Å². The van der Waals surface area contributed by atoms with Crippen LogP contribution in [0.3, 0.4) is 0 Å². The van der Waals surface area contributed by atoms with Gasteiger partial charge in [-0.3, -0.25) is 0 Å². The first-order chi connectivity index (χ1) is 8.47. The fourth-order valence-corrected chi connectivity index (χ4v) is 2.03. The third-order valence-electron chi connectivity index (χ3n) is 3.08. The Labute approximate surface area is 104 Å². The van der Waals surface area contributed by atoms with Crippen LogP contribution in [0.2, 0.25) is 0 Å². The zero-order chi connectivity index (χ0) is 13.2. The van der Waals surface area contributed by atoms with Crippen molar-refractivity contribution in [3.05, 3.63) is 29.3 Å². The zero-order valence-electron chi connectivity index (χ0n) is 10.2. The Hall–Kier alpha value is -1.23. The molecule has 1 atom stereocenters. The molecule has 1 N–H and O–H groups in total. The Kier molecular flexibility index (Phi) is 3.80. The number of hydrogen-bond donors (Lipinski definition) is 1. The molecule has 1 aromatic rings. The molecule has 1 fully saturated rings. The van der Waals surface area contributed by atoms with Crippen LogP contribution in [0.25, 0.3) is 0 Å². The number of anilines is 1. The number of nitrogens with one attached hydrogen (secondary N) is 1. The number of hydrogen-bond acceptors (Lipinski definition) is 2. The van der Waals surface area contributed by atoms with Gasteiger partial charge in [0, 0.05) is 18.3 Å². The van der Waals surface area contributed by atoms with Gasteiger partial charge in [0.2, 0.25) is 0 Å². The molecule has 1 aromatic carbocycles. The smallest absolute Gasteiger partial charge is 0.380 e. The van der Waals surface area contributed by atoms with Crippen LogP contribution < -0.4 is 5.32 Å². The van der Waals surface area contributed by atoms with Gasteiger partial charge in [-0.1, -0.05) is 6.07 Å². The summed E-state index contributed by atoms with van der Waals surface area (Å²) in [6.45, 7) is 3.08. The summed E-state index contributed by atoms with van der Waals surface area (Å²) in [4.78, 5) is 0. The highest BCUT2D eigenvalue weighted by molar-refractivity contribution is 5.54. The van der Waals surface area contributed by atoms with Gasteiger partial charge in [0.25, 0.3) is 0 Å². The summed E-state index contributed by atoms with van der Waals surface area (Å²) in [5.41, 5.74) is 0.737. The standard InChI is InChI=1S/C13H16F3NO/c1-9-4-5-10(13(14,15)16)7-12(9)17-11-3-2-6-18-8-11/h4-5,7,11,17H,2-3,6,8H2,1H3. The molecule has 1 saturated heterocycles. The van der Waals surface area contributed by atoms with E-state index in [4.69, 9.17) is 4.74 Å². The zero-order valence-corrected chi connectivity index (χ0v) is 10.2. The molecule has 2 nitrogen and oxygen atoms in total. The highest BCUT2D eigenvalue weighted by Crippen LogP contribution is 2.32. The molecule has 0 bridgehead atoms. The highest BCUT2D eigenvalue weighted by Gasteiger charge is 2.31. The summed E-state index contributed by atoms with van der Waals surface area (Å²) in [6, 6.07) is 3.87. The molecule has 0 saturated carbocycles. The first kappa shape index (κ1) is 13.2. The minimum absolute atomic E-state index is 0.0981. The summed E-state index contributed by atoms with van der Waals surface area (Å²) in [6.07, 6.45) is -2.43. The quantitative estimate of drug-likeness (QED) is 0.876. The molecule has 0 aliphatic carbocycles. The molecule has 1 aliphatic rings. The first-order valence-electron chi connectivity index (χ1n) is 5.99. The maximum absolute atomic E-state index is 12.6. The highest BCUT2D eigenvalue weighted by atomic mass is 19.4. The van der Waals surface area contributed by atoms with E-state index in [0.717, 1.165) is 31.1 Å². The summed E-state index contributed by atoms with van der Waals surface area (Å²) in [5, 5.41) is 3.14. The Balaban J connectivity index is 2.15. The number of halogens is 3. The average Bonchev–Trinajstić information content (AvgIpc) is 2.32. The van der Waals surface area contributed by atoms with Crippen LogP contribution in [0, 0.1) is 6.92 Å². The molecule has 1 heterocycles. The van der Waals surface area contributed by atoms with E-state index in [1.54, 1.807) is 6.92 Å².